The lowest BCUT2D eigenvalue weighted by molar-refractivity contribution is -0.119. The molecule has 1 aromatic rings. The van der Waals surface area contributed by atoms with Gasteiger partial charge in [-0.2, -0.15) is 4.98 Å². The van der Waals surface area contributed by atoms with E-state index in [4.69, 9.17) is 4.52 Å². The summed E-state index contributed by atoms with van der Waals surface area (Å²) in [4.78, 5) is 15.7. The van der Waals surface area contributed by atoms with E-state index in [1.165, 1.54) is 0 Å². The lowest BCUT2D eigenvalue weighted by Crippen LogP contribution is -2.07. The van der Waals surface area contributed by atoms with Gasteiger partial charge in [0.15, 0.2) is 15.7 Å². The molecule has 98 valence electrons. The zero-order valence-corrected chi connectivity index (χ0v) is 10.6. The van der Waals surface area contributed by atoms with Gasteiger partial charge in [-0.1, -0.05) is 5.16 Å². The van der Waals surface area contributed by atoms with Crippen LogP contribution in [-0.2, 0) is 21.1 Å². The summed E-state index contributed by atoms with van der Waals surface area (Å²) >= 11 is 0. The van der Waals surface area contributed by atoms with E-state index >= 15 is 0 Å². The zero-order valence-electron chi connectivity index (χ0n) is 9.83. The van der Waals surface area contributed by atoms with E-state index in [0.29, 0.717) is 18.1 Å². The average molecular weight is 270 g/mol. The summed E-state index contributed by atoms with van der Waals surface area (Å²) in [5, 5.41) is 3.79. The first kappa shape index (κ1) is 11.8. The van der Waals surface area contributed by atoms with Crippen molar-refractivity contribution in [2.45, 2.75) is 31.6 Å². The third-order valence-corrected chi connectivity index (χ3v) is 5.21. The number of rotatable bonds is 4. The number of sulfone groups is 1. The van der Waals surface area contributed by atoms with Crippen LogP contribution >= 0.6 is 0 Å². The van der Waals surface area contributed by atoms with Gasteiger partial charge in [-0.25, -0.2) is 8.42 Å². The van der Waals surface area contributed by atoms with Gasteiger partial charge < -0.3 is 4.52 Å². The second kappa shape index (κ2) is 4.15. The quantitative estimate of drug-likeness (QED) is 0.791. The Balaban J connectivity index is 1.68. The van der Waals surface area contributed by atoms with Crippen LogP contribution in [-0.4, -0.2) is 35.8 Å². The van der Waals surface area contributed by atoms with E-state index in [1.807, 2.05) is 0 Å². The molecule has 1 aromatic heterocycles. The van der Waals surface area contributed by atoms with E-state index in [-0.39, 0.29) is 35.5 Å². The van der Waals surface area contributed by atoms with Gasteiger partial charge in [0.1, 0.15) is 5.78 Å². The molecule has 0 amide bonds. The van der Waals surface area contributed by atoms with Gasteiger partial charge in [0.2, 0.25) is 5.89 Å². The van der Waals surface area contributed by atoms with Crippen LogP contribution < -0.4 is 0 Å². The normalized spacial score (nSPS) is 26.3. The topological polar surface area (TPSA) is 90.1 Å². The Kier molecular flexibility index (Phi) is 2.73. The average Bonchev–Trinajstić information content (AvgIpc) is 2.96. The second-order valence-electron chi connectivity index (χ2n) is 5.06. The Bertz CT molecular complexity index is 574. The van der Waals surface area contributed by atoms with Crippen molar-refractivity contribution < 1.29 is 17.7 Å². The monoisotopic (exact) mass is 270 g/mol. The predicted octanol–water partition coefficient (Wildman–Crippen LogP) is 0.493. The molecule has 1 saturated heterocycles. The summed E-state index contributed by atoms with van der Waals surface area (Å²) in [6.07, 6.45) is 2.64. The Morgan fingerprint density at radius 3 is 2.72 bits per heavy atom. The van der Waals surface area contributed by atoms with Gasteiger partial charge in [-0.05, 0) is 19.3 Å². The van der Waals surface area contributed by atoms with Crippen molar-refractivity contribution in [1.82, 2.24) is 10.1 Å². The molecule has 0 spiro atoms. The molecule has 2 aliphatic rings. The summed E-state index contributed by atoms with van der Waals surface area (Å²) in [6.45, 7) is 0. The number of ketones is 1. The number of hydrogen-bond acceptors (Lipinski definition) is 6. The highest BCUT2D eigenvalue weighted by molar-refractivity contribution is 7.91. The number of nitrogens with zero attached hydrogens (tertiary/aromatic N) is 2. The third kappa shape index (κ3) is 2.45. The minimum absolute atomic E-state index is 0.0859. The highest BCUT2D eigenvalue weighted by atomic mass is 32.2. The molecule has 0 radical (unpaired) electrons. The molecule has 2 fully saturated rings. The Morgan fingerprint density at radius 1 is 1.33 bits per heavy atom. The molecule has 3 rings (SSSR count). The summed E-state index contributed by atoms with van der Waals surface area (Å²) in [5.41, 5.74) is 0. The lowest BCUT2D eigenvalue weighted by atomic mass is 10.1. The molecule has 0 N–H and O–H groups in total. The zero-order chi connectivity index (χ0) is 12.8. The fourth-order valence-electron chi connectivity index (χ4n) is 2.20. The lowest BCUT2D eigenvalue weighted by Gasteiger charge is -1.98. The molecule has 0 aromatic carbocycles. The third-order valence-electron chi connectivity index (χ3n) is 3.44. The first-order valence-corrected chi connectivity index (χ1v) is 7.91. The predicted molar refractivity (Wildman–Crippen MR) is 61.7 cm³/mol. The first-order chi connectivity index (χ1) is 8.53. The molecule has 1 aliphatic heterocycles. The highest BCUT2D eigenvalue weighted by Crippen LogP contribution is 2.31. The van der Waals surface area contributed by atoms with Crippen LogP contribution in [0.4, 0.5) is 0 Å². The molecular formula is C11H14N2O4S. The van der Waals surface area contributed by atoms with Gasteiger partial charge in [0.05, 0.1) is 17.9 Å². The second-order valence-corrected chi connectivity index (χ2v) is 7.29. The van der Waals surface area contributed by atoms with Crippen molar-refractivity contribution in [2.24, 2.45) is 5.92 Å². The fraction of sp³-hybridized carbons (Fsp3) is 0.727. The van der Waals surface area contributed by atoms with E-state index < -0.39 is 9.84 Å². The van der Waals surface area contributed by atoms with Crippen molar-refractivity contribution in [1.29, 1.82) is 0 Å². The van der Waals surface area contributed by atoms with E-state index in [2.05, 4.69) is 10.1 Å². The molecule has 2 heterocycles. The summed E-state index contributed by atoms with van der Waals surface area (Å²) in [6, 6.07) is 0. The molecule has 1 unspecified atom stereocenters. The molecule has 1 saturated carbocycles. The molecule has 7 heteroatoms. The van der Waals surface area contributed by atoms with Crippen LogP contribution in [0.15, 0.2) is 4.52 Å². The van der Waals surface area contributed by atoms with Crippen LogP contribution in [0.2, 0.25) is 0 Å². The molecule has 1 atom stereocenters. The van der Waals surface area contributed by atoms with Crippen LogP contribution in [0.1, 0.15) is 36.9 Å². The van der Waals surface area contributed by atoms with Crippen LogP contribution in [0.5, 0.6) is 0 Å². The van der Waals surface area contributed by atoms with E-state index in [1.54, 1.807) is 0 Å². The van der Waals surface area contributed by atoms with Crippen molar-refractivity contribution in [2.75, 3.05) is 11.5 Å². The number of aromatic nitrogens is 2. The largest absolute Gasteiger partial charge is 0.339 e. The van der Waals surface area contributed by atoms with Gasteiger partial charge in [-0.3, -0.25) is 4.79 Å². The van der Waals surface area contributed by atoms with Gasteiger partial charge in [0.25, 0.3) is 0 Å². The maximum Gasteiger partial charge on any atom is 0.234 e. The molecular weight excluding hydrogens is 256 g/mol. The summed E-state index contributed by atoms with van der Waals surface area (Å²) in [5.74, 6) is 1.14. The van der Waals surface area contributed by atoms with E-state index in [9.17, 15) is 13.2 Å². The molecule has 1 aliphatic carbocycles. The fourth-order valence-corrected chi connectivity index (χ4v) is 3.94. The van der Waals surface area contributed by atoms with Crippen molar-refractivity contribution in [3.8, 4) is 0 Å². The maximum absolute atomic E-state index is 11.6. The number of carbonyl (C=O) groups excluding carboxylic acids is 1. The number of carbonyl (C=O) groups is 1. The Hall–Kier alpha value is -1.24. The minimum atomic E-state index is -2.95. The van der Waals surface area contributed by atoms with Crippen molar-refractivity contribution in [3.63, 3.8) is 0 Å². The molecule has 0 bridgehead atoms. The number of Topliss-reactive ketones (excluding diaryl/α,β-unsaturated/α-hetero) is 1. The van der Waals surface area contributed by atoms with Crippen LogP contribution in [0.3, 0.4) is 0 Å². The first-order valence-electron chi connectivity index (χ1n) is 6.09. The molecule has 6 nitrogen and oxygen atoms in total. The number of hydrogen-bond donors (Lipinski definition) is 0. The van der Waals surface area contributed by atoms with Crippen LogP contribution in [0.25, 0.3) is 0 Å². The van der Waals surface area contributed by atoms with Crippen molar-refractivity contribution in [3.05, 3.63) is 11.7 Å². The summed E-state index contributed by atoms with van der Waals surface area (Å²) in [7, 11) is -2.95. The Morgan fingerprint density at radius 2 is 2.11 bits per heavy atom. The van der Waals surface area contributed by atoms with Gasteiger partial charge in [0, 0.05) is 11.8 Å². The van der Waals surface area contributed by atoms with Gasteiger partial charge in [-0.15, -0.1) is 0 Å². The standard InChI is InChI=1S/C11H14N2O4S/c14-9(7-1-2-7)5-10-12-11(13-17-10)8-3-4-18(15,16)6-8/h7-8H,1-6H2. The smallest absolute Gasteiger partial charge is 0.234 e. The van der Waals surface area contributed by atoms with Crippen LogP contribution in [0, 0.1) is 5.92 Å². The molecule has 18 heavy (non-hydrogen) atoms. The SMILES string of the molecule is O=C(Cc1nc(C2CCS(=O)(=O)C2)no1)C1CC1. The highest BCUT2D eigenvalue weighted by Gasteiger charge is 2.34. The minimum Gasteiger partial charge on any atom is -0.339 e. The van der Waals surface area contributed by atoms with Gasteiger partial charge >= 0.3 is 0 Å². The Labute approximate surface area is 105 Å². The van der Waals surface area contributed by atoms with E-state index in [0.717, 1.165) is 12.8 Å². The van der Waals surface area contributed by atoms with Crippen molar-refractivity contribution >= 4 is 15.6 Å². The summed E-state index contributed by atoms with van der Waals surface area (Å²) < 4.78 is 27.7. The maximum atomic E-state index is 11.6.